The van der Waals surface area contributed by atoms with Crippen LogP contribution in [0.4, 0.5) is 5.69 Å². The molecule has 0 aliphatic carbocycles. The van der Waals surface area contributed by atoms with E-state index in [0.29, 0.717) is 11.1 Å². The highest BCUT2D eigenvalue weighted by molar-refractivity contribution is 7.94. The van der Waals surface area contributed by atoms with Gasteiger partial charge in [-0.25, -0.2) is 25.9 Å². The van der Waals surface area contributed by atoms with Crippen molar-refractivity contribution in [1.29, 1.82) is 0 Å². The molecule has 9 heteroatoms. The van der Waals surface area contributed by atoms with Crippen molar-refractivity contribution in [3.63, 3.8) is 0 Å². The van der Waals surface area contributed by atoms with Crippen molar-refractivity contribution in [3.05, 3.63) is 59.2 Å². The molecule has 1 aliphatic rings. The van der Waals surface area contributed by atoms with Crippen molar-refractivity contribution in [2.24, 2.45) is 0 Å². The lowest BCUT2D eigenvalue weighted by Gasteiger charge is -2.20. The molecule has 0 spiro atoms. The number of nitrogens with zero attached hydrogens (tertiary/aromatic N) is 1. The van der Waals surface area contributed by atoms with Crippen molar-refractivity contribution in [2.45, 2.75) is 38.1 Å². The fraction of sp³-hybridized carbons (Fsp3) is 0.316. The summed E-state index contributed by atoms with van der Waals surface area (Å²) in [6, 6.07) is 11.6. The largest absolute Gasteiger partial charge is 0.273 e. The van der Waals surface area contributed by atoms with Crippen LogP contribution in [0.3, 0.4) is 0 Å². The number of sulfonamides is 2. The van der Waals surface area contributed by atoms with E-state index in [9.17, 15) is 21.6 Å². The number of hydrogen-bond acceptors (Lipinski definition) is 5. The van der Waals surface area contributed by atoms with Crippen molar-refractivity contribution in [3.8, 4) is 0 Å². The molecule has 1 heterocycles. The van der Waals surface area contributed by atoms with Crippen LogP contribution in [0.2, 0.25) is 0 Å². The molecule has 1 saturated heterocycles. The molecule has 0 radical (unpaired) electrons. The smallest absolute Gasteiger partial charge is 0.242 e. The number of carbonyl (C=O) groups is 1. The summed E-state index contributed by atoms with van der Waals surface area (Å²) in [5, 5.41) is 0. The molecule has 7 nitrogen and oxygen atoms in total. The molecule has 0 aromatic heterocycles. The maximum absolute atomic E-state index is 13.0. The van der Waals surface area contributed by atoms with Gasteiger partial charge >= 0.3 is 0 Å². The van der Waals surface area contributed by atoms with Crippen LogP contribution in [0.1, 0.15) is 36.1 Å². The standard InChI is InChI=1S/C19H22N2O5S2/c1-13-11-17(21-18(22)9-10-27(21,23)24)12-14(2)19(13)28(25,26)20-15(3)16-7-5-4-6-8-16/h4-8,11-12,15,20H,9-10H2,1-3H3. The summed E-state index contributed by atoms with van der Waals surface area (Å²) in [7, 11) is -7.56. The van der Waals surface area contributed by atoms with Gasteiger partial charge in [0.2, 0.25) is 26.0 Å². The van der Waals surface area contributed by atoms with Gasteiger partial charge in [0, 0.05) is 12.5 Å². The predicted octanol–water partition coefficient (Wildman–Crippen LogP) is 2.41. The SMILES string of the molecule is Cc1cc(N2C(=O)CCS2(=O)=O)cc(C)c1S(=O)(=O)NC(C)c1ccccc1. The van der Waals surface area contributed by atoms with Gasteiger partial charge in [0.15, 0.2) is 0 Å². The van der Waals surface area contributed by atoms with E-state index in [1.54, 1.807) is 20.8 Å². The third-order valence-electron chi connectivity index (χ3n) is 4.66. The number of anilines is 1. The first-order valence-corrected chi connectivity index (χ1v) is 11.9. The van der Waals surface area contributed by atoms with Gasteiger partial charge in [-0.1, -0.05) is 30.3 Å². The van der Waals surface area contributed by atoms with Crippen LogP contribution in [-0.2, 0) is 24.8 Å². The fourth-order valence-corrected chi connectivity index (χ4v) is 6.57. The molecular formula is C19H22N2O5S2. The van der Waals surface area contributed by atoms with E-state index in [-0.39, 0.29) is 22.8 Å². The number of rotatable bonds is 5. The number of amides is 1. The molecule has 1 amide bonds. The Kier molecular flexibility index (Phi) is 5.35. The van der Waals surface area contributed by atoms with Crippen LogP contribution >= 0.6 is 0 Å². The molecule has 1 atom stereocenters. The van der Waals surface area contributed by atoms with Crippen molar-refractivity contribution >= 4 is 31.6 Å². The normalized spacial score (nSPS) is 17.7. The Morgan fingerprint density at radius 1 is 1.07 bits per heavy atom. The molecule has 2 aromatic rings. The Morgan fingerprint density at radius 2 is 1.64 bits per heavy atom. The van der Waals surface area contributed by atoms with Gasteiger partial charge in [-0.05, 0) is 49.6 Å². The lowest BCUT2D eigenvalue weighted by atomic mass is 10.1. The highest BCUT2D eigenvalue weighted by Crippen LogP contribution is 2.31. The maximum Gasteiger partial charge on any atom is 0.242 e. The summed E-state index contributed by atoms with van der Waals surface area (Å²) < 4.78 is 53.7. The molecule has 1 fully saturated rings. The van der Waals surface area contributed by atoms with Crippen LogP contribution in [0.5, 0.6) is 0 Å². The molecule has 2 aromatic carbocycles. The van der Waals surface area contributed by atoms with E-state index in [2.05, 4.69) is 4.72 Å². The van der Waals surface area contributed by atoms with E-state index < -0.39 is 32.0 Å². The quantitative estimate of drug-likeness (QED) is 0.797. The second kappa shape index (κ2) is 7.31. The lowest BCUT2D eigenvalue weighted by Crippen LogP contribution is -2.30. The van der Waals surface area contributed by atoms with E-state index in [1.165, 1.54) is 12.1 Å². The fourth-order valence-electron chi connectivity index (χ4n) is 3.44. The van der Waals surface area contributed by atoms with E-state index in [0.717, 1.165) is 9.87 Å². The summed E-state index contributed by atoms with van der Waals surface area (Å²) in [6.07, 6.45) is -0.0728. The number of nitrogens with one attached hydrogen (secondary N) is 1. The zero-order valence-corrected chi connectivity index (χ0v) is 17.5. The highest BCUT2D eigenvalue weighted by atomic mass is 32.2. The average molecular weight is 423 g/mol. The average Bonchev–Trinajstić information content (AvgIpc) is 2.87. The first kappa shape index (κ1) is 20.5. The summed E-state index contributed by atoms with van der Waals surface area (Å²) >= 11 is 0. The van der Waals surface area contributed by atoms with Gasteiger partial charge in [-0.15, -0.1) is 0 Å². The Balaban J connectivity index is 1.98. The van der Waals surface area contributed by atoms with Gasteiger partial charge in [0.05, 0.1) is 16.3 Å². The van der Waals surface area contributed by atoms with Crippen LogP contribution in [0.15, 0.2) is 47.4 Å². The van der Waals surface area contributed by atoms with E-state index in [4.69, 9.17) is 0 Å². The van der Waals surface area contributed by atoms with Gasteiger partial charge in [0.1, 0.15) is 0 Å². The van der Waals surface area contributed by atoms with E-state index in [1.807, 2.05) is 30.3 Å². The number of benzene rings is 2. The van der Waals surface area contributed by atoms with Gasteiger partial charge in [-0.3, -0.25) is 4.79 Å². The molecule has 1 N–H and O–H groups in total. The first-order chi connectivity index (χ1) is 13.0. The second-order valence-electron chi connectivity index (χ2n) is 6.89. The van der Waals surface area contributed by atoms with Crippen LogP contribution in [0.25, 0.3) is 0 Å². The lowest BCUT2D eigenvalue weighted by molar-refractivity contribution is -0.116. The summed E-state index contributed by atoms with van der Waals surface area (Å²) in [6.45, 7) is 4.93. The van der Waals surface area contributed by atoms with Crippen LogP contribution < -0.4 is 9.03 Å². The summed E-state index contributed by atoms with van der Waals surface area (Å²) in [5.41, 5.74) is 1.75. The van der Waals surface area contributed by atoms with Crippen molar-refractivity contribution in [2.75, 3.05) is 10.1 Å². The third-order valence-corrected chi connectivity index (χ3v) is 8.19. The molecule has 150 valence electrons. The first-order valence-electron chi connectivity index (χ1n) is 8.77. The molecular weight excluding hydrogens is 400 g/mol. The number of hydrogen-bond donors (Lipinski definition) is 1. The minimum absolute atomic E-state index is 0.0728. The summed E-state index contributed by atoms with van der Waals surface area (Å²) in [4.78, 5) is 12.1. The second-order valence-corrected chi connectivity index (χ2v) is 10.5. The number of carbonyl (C=O) groups excluding carboxylic acids is 1. The minimum Gasteiger partial charge on any atom is -0.273 e. The van der Waals surface area contributed by atoms with Gasteiger partial charge in [-0.2, -0.15) is 0 Å². The van der Waals surface area contributed by atoms with Crippen molar-refractivity contribution in [1.82, 2.24) is 4.72 Å². The van der Waals surface area contributed by atoms with Gasteiger partial charge < -0.3 is 0 Å². The topological polar surface area (TPSA) is 101 Å². The molecule has 1 aliphatic heterocycles. The summed E-state index contributed by atoms with van der Waals surface area (Å²) in [5.74, 6) is -0.745. The number of aryl methyl sites for hydroxylation is 2. The predicted molar refractivity (Wildman–Crippen MR) is 107 cm³/mol. The van der Waals surface area contributed by atoms with Crippen molar-refractivity contribution < 1.29 is 21.6 Å². The molecule has 3 rings (SSSR count). The Bertz CT molecular complexity index is 1100. The maximum atomic E-state index is 13.0. The van der Waals surface area contributed by atoms with Gasteiger partial charge in [0.25, 0.3) is 0 Å². The third kappa shape index (κ3) is 3.82. The zero-order valence-electron chi connectivity index (χ0n) is 15.8. The molecule has 0 saturated carbocycles. The molecule has 0 bridgehead atoms. The van der Waals surface area contributed by atoms with Crippen LogP contribution in [-0.4, -0.2) is 28.5 Å². The molecule has 28 heavy (non-hydrogen) atoms. The Labute approximate surface area is 165 Å². The van der Waals surface area contributed by atoms with E-state index >= 15 is 0 Å². The molecule has 1 unspecified atom stereocenters. The minimum atomic E-state index is -3.85. The van der Waals surface area contributed by atoms with Crippen LogP contribution in [0, 0.1) is 13.8 Å². The monoisotopic (exact) mass is 422 g/mol. The zero-order chi connectivity index (χ0) is 20.7. The Hall–Kier alpha value is -2.23. The highest BCUT2D eigenvalue weighted by Gasteiger charge is 2.37. The Morgan fingerprint density at radius 3 is 2.14 bits per heavy atom.